The van der Waals surface area contributed by atoms with Crippen molar-refractivity contribution in [3.8, 4) is 0 Å². The molecule has 0 aliphatic heterocycles. The van der Waals surface area contributed by atoms with Crippen LogP contribution in [0, 0.1) is 0 Å². The summed E-state index contributed by atoms with van der Waals surface area (Å²) in [6.07, 6.45) is 11.1. The van der Waals surface area contributed by atoms with Crippen molar-refractivity contribution in [1.82, 2.24) is 4.98 Å². The number of hydrogen-bond donors (Lipinski definition) is 1. The zero-order valence-electron chi connectivity index (χ0n) is 17.4. The zero-order chi connectivity index (χ0) is 21.4. The second-order valence-electron chi connectivity index (χ2n) is 5.49. The lowest BCUT2D eigenvalue weighted by Crippen LogP contribution is -1.93. The quantitative estimate of drug-likeness (QED) is 0.480. The smallest absolute Gasteiger partial charge is 0.150 e. The molecule has 1 heterocycles. The predicted octanol–water partition coefficient (Wildman–Crippen LogP) is 5.93. The number of carbonyl (C=O) groups excluding carboxylic acids is 1. The first-order valence-corrected chi connectivity index (χ1v) is 9.25. The minimum absolute atomic E-state index is 0.679. The normalized spacial score (nSPS) is 9.89. The topological polar surface area (TPSA) is 50.2 Å². The van der Waals surface area contributed by atoms with E-state index < -0.39 is 0 Å². The largest absolute Gasteiger partial charge is 0.400 e. The molecule has 0 saturated carbocycles. The highest BCUT2D eigenvalue weighted by Gasteiger charge is 2.04. The van der Waals surface area contributed by atoms with Gasteiger partial charge in [-0.2, -0.15) is 0 Å². The summed E-state index contributed by atoms with van der Waals surface area (Å²) in [5, 5.41) is 7.00. The van der Waals surface area contributed by atoms with Crippen LogP contribution in [0.25, 0.3) is 11.1 Å². The highest BCUT2D eigenvalue weighted by Crippen LogP contribution is 2.20. The molecule has 0 radical (unpaired) electrons. The second-order valence-corrected chi connectivity index (χ2v) is 5.49. The van der Waals surface area contributed by atoms with E-state index in [1.54, 1.807) is 6.07 Å². The van der Waals surface area contributed by atoms with Crippen LogP contribution in [-0.4, -0.2) is 23.5 Å². The van der Waals surface area contributed by atoms with Crippen LogP contribution in [0.2, 0.25) is 0 Å². The molecule has 0 spiro atoms. The lowest BCUT2D eigenvalue weighted by molar-refractivity contribution is 0.112. The van der Waals surface area contributed by atoms with Gasteiger partial charge in [0.1, 0.15) is 6.29 Å². The average Bonchev–Trinajstić information content (AvgIpc) is 2.77. The number of nitrogens with zero attached hydrogens (tertiary/aromatic N) is 1. The van der Waals surface area contributed by atoms with Gasteiger partial charge in [0, 0.05) is 18.9 Å². The molecule has 0 unspecified atom stereocenters. The molecule has 3 heteroatoms. The Labute approximate surface area is 169 Å². The molecule has 2 rings (SSSR count). The molecular weight excluding hydrogens is 346 g/mol. The molecule has 2 aromatic rings. The van der Waals surface area contributed by atoms with Crippen molar-refractivity contribution in [3.05, 3.63) is 102 Å². The Morgan fingerprint density at radius 1 is 1.11 bits per heavy atom. The van der Waals surface area contributed by atoms with Gasteiger partial charge in [0.05, 0.1) is 5.69 Å². The number of aliphatic hydroxyl groups excluding tert-OH is 1. The average molecular weight is 378 g/mol. The number of aliphatic hydroxyl groups is 1. The van der Waals surface area contributed by atoms with Crippen LogP contribution in [0.5, 0.6) is 0 Å². The van der Waals surface area contributed by atoms with Gasteiger partial charge in [-0.1, -0.05) is 75.6 Å². The summed E-state index contributed by atoms with van der Waals surface area (Å²) < 4.78 is 0. The van der Waals surface area contributed by atoms with E-state index in [1.165, 1.54) is 0 Å². The van der Waals surface area contributed by atoms with E-state index in [1.807, 2.05) is 81.6 Å². The minimum Gasteiger partial charge on any atom is -0.400 e. The van der Waals surface area contributed by atoms with E-state index in [0.717, 1.165) is 41.4 Å². The van der Waals surface area contributed by atoms with Gasteiger partial charge in [-0.15, -0.1) is 0 Å². The third-order valence-electron chi connectivity index (χ3n) is 3.61. The van der Waals surface area contributed by atoms with Crippen molar-refractivity contribution in [2.75, 3.05) is 7.11 Å². The molecule has 148 valence electrons. The molecule has 3 nitrogen and oxygen atoms in total. The SMILES string of the molecule is C=C(Cc1cccc(C=O)c1)c1ccc(C(=C)/C=C\C=C/C)nc1.CC.CO. The molecule has 0 amide bonds. The molecule has 0 fully saturated rings. The third kappa shape index (κ3) is 8.56. The third-order valence-corrected chi connectivity index (χ3v) is 3.61. The molecule has 0 bridgehead atoms. The van der Waals surface area contributed by atoms with E-state index >= 15 is 0 Å². The maximum absolute atomic E-state index is 10.9. The number of pyridine rings is 1. The van der Waals surface area contributed by atoms with Gasteiger partial charge in [0.15, 0.2) is 0 Å². The first kappa shape index (κ1) is 25.0. The first-order valence-electron chi connectivity index (χ1n) is 9.25. The lowest BCUT2D eigenvalue weighted by atomic mass is 9.99. The number of carbonyl (C=O) groups is 1. The van der Waals surface area contributed by atoms with Crippen LogP contribution in [0.1, 0.15) is 48.0 Å². The number of benzene rings is 1. The fraction of sp³-hybridized carbons (Fsp3) is 0.200. The highest BCUT2D eigenvalue weighted by atomic mass is 16.2. The molecule has 28 heavy (non-hydrogen) atoms. The van der Waals surface area contributed by atoms with E-state index in [0.29, 0.717) is 12.0 Å². The van der Waals surface area contributed by atoms with Gasteiger partial charge in [-0.25, -0.2) is 0 Å². The maximum Gasteiger partial charge on any atom is 0.150 e. The fourth-order valence-corrected chi connectivity index (χ4v) is 2.29. The highest BCUT2D eigenvalue weighted by molar-refractivity contribution is 5.76. The Bertz CT molecular complexity index is 800. The molecule has 0 aliphatic carbocycles. The van der Waals surface area contributed by atoms with E-state index in [2.05, 4.69) is 18.1 Å². The van der Waals surface area contributed by atoms with Crippen LogP contribution in [0.15, 0.2) is 80.1 Å². The number of allylic oxidation sites excluding steroid dienone is 6. The summed E-state index contributed by atoms with van der Waals surface area (Å²) in [6.45, 7) is 14.1. The number of hydrogen-bond acceptors (Lipinski definition) is 3. The summed E-state index contributed by atoms with van der Waals surface area (Å²) in [5.41, 5.74) is 5.40. The minimum atomic E-state index is 0.679. The van der Waals surface area contributed by atoms with Crippen LogP contribution < -0.4 is 0 Å². The standard InChI is InChI=1S/C22H21NO.C2H6.CH4O/c1-4-5-6-8-17(2)22-12-11-21(15-23-22)18(3)13-19-9-7-10-20(14-19)16-24;2*1-2/h4-12,14-16H,2-3,13H2,1H3;1-2H3;2H,1H3/b5-4-,8-6-;;. The molecule has 0 saturated heterocycles. The van der Waals surface area contributed by atoms with Gasteiger partial charge in [-0.05, 0) is 47.8 Å². The Hall–Kier alpha value is -3.04. The fourth-order valence-electron chi connectivity index (χ4n) is 2.29. The van der Waals surface area contributed by atoms with Crippen molar-refractivity contribution in [3.63, 3.8) is 0 Å². The van der Waals surface area contributed by atoms with Crippen LogP contribution >= 0.6 is 0 Å². The van der Waals surface area contributed by atoms with Crippen molar-refractivity contribution in [2.24, 2.45) is 0 Å². The Morgan fingerprint density at radius 2 is 1.82 bits per heavy atom. The van der Waals surface area contributed by atoms with Gasteiger partial charge in [0.25, 0.3) is 0 Å². The Morgan fingerprint density at radius 3 is 2.39 bits per heavy atom. The van der Waals surface area contributed by atoms with E-state index in [9.17, 15) is 4.79 Å². The Kier molecular flexibility index (Phi) is 13.4. The van der Waals surface area contributed by atoms with Crippen LogP contribution in [0.3, 0.4) is 0 Å². The number of aldehydes is 1. The van der Waals surface area contributed by atoms with Crippen LogP contribution in [-0.2, 0) is 6.42 Å². The summed E-state index contributed by atoms with van der Waals surface area (Å²) in [7, 11) is 1.00. The molecule has 0 atom stereocenters. The summed E-state index contributed by atoms with van der Waals surface area (Å²) in [5.74, 6) is 0. The van der Waals surface area contributed by atoms with Gasteiger partial charge in [-0.3, -0.25) is 9.78 Å². The first-order chi connectivity index (χ1) is 13.6. The maximum atomic E-state index is 10.9. The molecule has 1 aromatic carbocycles. The van der Waals surface area contributed by atoms with Crippen molar-refractivity contribution in [1.29, 1.82) is 0 Å². The lowest BCUT2D eigenvalue weighted by Gasteiger charge is -2.08. The summed E-state index contributed by atoms with van der Waals surface area (Å²) in [6, 6.07) is 11.5. The molecule has 1 N–H and O–H groups in total. The Balaban J connectivity index is 0.00000171. The van der Waals surface area contributed by atoms with E-state index in [-0.39, 0.29) is 0 Å². The number of rotatable bonds is 7. The van der Waals surface area contributed by atoms with Gasteiger partial charge >= 0.3 is 0 Å². The summed E-state index contributed by atoms with van der Waals surface area (Å²) in [4.78, 5) is 15.3. The van der Waals surface area contributed by atoms with Crippen molar-refractivity contribution < 1.29 is 9.90 Å². The molecule has 0 aliphatic rings. The van der Waals surface area contributed by atoms with Gasteiger partial charge in [0.2, 0.25) is 0 Å². The predicted molar refractivity (Wildman–Crippen MR) is 121 cm³/mol. The molecular formula is C25H31NO2. The van der Waals surface area contributed by atoms with Crippen molar-refractivity contribution >= 4 is 17.4 Å². The van der Waals surface area contributed by atoms with Crippen LogP contribution in [0.4, 0.5) is 0 Å². The second kappa shape index (κ2) is 15.1. The van der Waals surface area contributed by atoms with Crippen molar-refractivity contribution in [2.45, 2.75) is 27.2 Å². The monoisotopic (exact) mass is 377 g/mol. The zero-order valence-corrected chi connectivity index (χ0v) is 17.4. The summed E-state index contributed by atoms with van der Waals surface area (Å²) >= 11 is 0. The molecule has 1 aromatic heterocycles. The van der Waals surface area contributed by atoms with Gasteiger partial charge < -0.3 is 5.11 Å². The van der Waals surface area contributed by atoms with E-state index in [4.69, 9.17) is 5.11 Å². The number of aromatic nitrogens is 1.